The topological polar surface area (TPSA) is 78.5 Å². The maximum atomic E-state index is 11.6. The third-order valence-electron chi connectivity index (χ3n) is 6.27. The zero-order valence-electron chi connectivity index (χ0n) is 17.2. The van der Waals surface area contributed by atoms with E-state index >= 15 is 0 Å². The molecule has 6 nitrogen and oxygen atoms in total. The standard InChI is InChI=1S/C21H33N3O3S/c1-4-5-6-7-11-24-13-19-20(14-24)21(19,15-22-16(2)25)17-9-8-10-18(12-17)23-28(3,26)27/h8-10,12,19-20,23H,4-7,11,13-15H2,1-3H3,(H,22,25). The van der Waals surface area contributed by atoms with Crippen LogP contribution in [0.4, 0.5) is 5.69 Å². The molecule has 3 rings (SSSR count). The first kappa shape index (κ1) is 21.1. The fraction of sp³-hybridized carbons (Fsp3) is 0.667. The van der Waals surface area contributed by atoms with E-state index in [2.05, 4.69) is 27.9 Å². The molecule has 2 aliphatic rings. The molecular formula is C21H33N3O3S. The summed E-state index contributed by atoms with van der Waals surface area (Å²) in [5, 5.41) is 3.02. The molecule has 1 heterocycles. The number of hydrogen-bond donors (Lipinski definition) is 2. The molecule has 0 aromatic heterocycles. The number of benzene rings is 1. The third kappa shape index (κ3) is 4.69. The Labute approximate surface area is 169 Å². The summed E-state index contributed by atoms with van der Waals surface area (Å²) in [6, 6.07) is 7.68. The Morgan fingerprint density at radius 1 is 1.21 bits per heavy atom. The van der Waals surface area contributed by atoms with Crippen molar-refractivity contribution in [3.05, 3.63) is 29.8 Å². The molecule has 28 heavy (non-hydrogen) atoms. The monoisotopic (exact) mass is 407 g/mol. The molecule has 1 aromatic rings. The summed E-state index contributed by atoms with van der Waals surface area (Å²) in [4.78, 5) is 14.1. The van der Waals surface area contributed by atoms with Crippen LogP contribution < -0.4 is 10.0 Å². The summed E-state index contributed by atoms with van der Waals surface area (Å²) in [6.07, 6.45) is 6.25. The molecule has 2 atom stereocenters. The van der Waals surface area contributed by atoms with E-state index in [1.807, 2.05) is 12.1 Å². The van der Waals surface area contributed by atoms with Gasteiger partial charge in [-0.2, -0.15) is 0 Å². The number of anilines is 1. The van der Waals surface area contributed by atoms with Crippen molar-refractivity contribution in [3.8, 4) is 0 Å². The second-order valence-corrected chi connectivity index (χ2v) is 10.2. The second kappa shape index (κ2) is 8.41. The number of hydrogen-bond acceptors (Lipinski definition) is 4. The summed E-state index contributed by atoms with van der Waals surface area (Å²) in [6.45, 7) is 7.66. The van der Waals surface area contributed by atoms with E-state index in [0.29, 0.717) is 24.1 Å². The van der Waals surface area contributed by atoms with Gasteiger partial charge >= 0.3 is 0 Å². The molecule has 1 aliphatic heterocycles. The molecule has 1 aliphatic carbocycles. The highest BCUT2D eigenvalue weighted by Crippen LogP contribution is 2.63. The fourth-order valence-electron chi connectivity index (χ4n) is 4.91. The number of sulfonamides is 1. The summed E-state index contributed by atoms with van der Waals surface area (Å²) in [5.74, 6) is 1.00. The zero-order chi connectivity index (χ0) is 20.4. The van der Waals surface area contributed by atoms with Crippen molar-refractivity contribution in [2.75, 3.05) is 37.2 Å². The molecule has 1 saturated carbocycles. The van der Waals surface area contributed by atoms with Crippen molar-refractivity contribution in [1.29, 1.82) is 0 Å². The second-order valence-electron chi connectivity index (χ2n) is 8.44. The maximum absolute atomic E-state index is 11.6. The number of amides is 1. The largest absolute Gasteiger partial charge is 0.355 e. The fourth-order valence-corrected chi connectivity index (χ4v) is 5.46. The highest BCUT2D eigenvalue weighted by atomic mass is 32.2. The van der Waals surface area contributed by atoms with Crippen LogP contribution in [0, 0.1) is 11.8 Å². The van der Waals surface area contributed by atoms with Crippen molar-refractivity contribution in [2.45, 2.75) is 44.9 Å². The van der Waals surface area contributed by atoms with Crippen LogP contribution in [0.5, 0.6) is 0 Å². The SMILES string of the molecule is CCCCCCN1CC2C(C1)C2(CNC(C)=O)c1cccc(NS(C)(=O)=O)c1. The summed E-state index contributed by atoms with van der Waals surface area (Å²) < 4.78 is 25.8. The maximum Gasteiger partial charge on any atom is 0.229 e. The van der Waals surface area contributed by atoms with Gasteiger partial charge in [0, 0.05) is 37.7 Å². The van der Waals surface area contributed by atoms with Gasteiger partial charge in [-0.1, -0.05) is 38.3 Å². The van der Waals surface area contributed by atoms with Gasteiger partial charge in [0.1, 0.15) is 0 Å². The van der Waals surface area contributed by atoms with Gasteiger partial charge in [-0.05, 0) is 42.5 Å². The number of rotatable bonds is 10. The lowest BCUT2D eigenvalue weighted by atomic mass is 9.89. The van der Waals surface area contributed by atoms with Gasteiger partial charge in [0.25, 0.3) is 0 Å². The van der Waals surface area contributed by atoms with E-state index in [1.54, 1.807) is 13.0 Å². The number of nitrogens with zero attached hydrogens (tertiary/aromatic N) is 1. The first-order valence-electron chi connectivity index (χ1n) is 10.3. The van der Waals surface area contributed by atoms with Crippen LogP contribution in [-0.4, -0.2) is 51.7 Å². The smallest absolute Gasteiger partial charge is 0.229 e. The Bertz CT molecular complexity index is 797. The lowest BCUT2D eigenvalue weighted by Gasteiger charge is -2.28. The normalized spacial score (nSPS) is 26.7. The summed E-state index contributed by atoms with van der Waals surface area (Å²) >= 11 is 0. The van der Waals surface area contributed by atoms with E-state index in [-0.39, 0.29) is 11.3 Å². The van der Waals surface area contributed by atoms with Gasteiger partial charge in [0.2, 0.25) is 15.9 Å². The molecule has 2 fully saturated rings. The van der Waals surface area contributed by atoms with Crippen molar-refractivity contribution < 1.29 is 13.2 Å². The van der Waals surface area contributed by atoms with Crippen LogP contribution in [0.2, 0.25) is 0 Å². The molecule has 2 unspecified atom stereocenters. The van der Waals surface area contributed by atoms with Gasteiger partial charge in [-0.15, -0.1) is 0 Å². The minimum Gasteiger partial charge on any atom is -0.355 e. The van der Waals surface area contributed by atoms with Gasteiger partial charge in [0.15, 0.2) is 0 Å². The van der Waals surface area contributed by atoms with Crippen LogP contribution in [0.1, 0.15) is 45.1 Å². The van der Waals surface area contributed by atoms with Gasteiger partial charge in [-0.25, -0.2) is 8.42 Å². The minimum atomic E-state index is -3.32. The van der Waals surface area contributed by atoms with Crippen molar-refractivity contribution in [1.82, 2.24) is 10.2 Å². The molecule has 1 aromatic carbocycles. The first-order valence-corrected chi connectivity index (χ1v) is 12.2. The molecule has 7 heteroatoms. The van der Waals surface area contributed by atoms with E-state index in [0.717, 1.165) is 31.5 Å². The van der Waals surface area contributed by atoms with Crippen LogP contribution in [0.25, 0.3) is 0 Å². The average molecular weight is 408 g/mol. The zero-order valence-corrected chi connectivity index (χ0v) is 18.0. The molecule has 1 amide bonds. The molecule has 156 valence electrons. The highest BCUT2D eigenvalue weighted by molar-refractivity contribution is 7.92. The molecule has 1 saturated heterocycles. The predicted molar refractivity (Wildman–Crippen MR) is 113 cm³/mol. The van der Waals surface area contributed by atoms with Crippen molar-refractivity contribution >= 4 is 21.6 Å². The molecule has 2 N–H and O–H groups in total. The van der Waals surface area contributed by atoms with Crippen LogP contribution >= 0.6 is 0 Å². The molecule has 0 spiro atoms. The highest BCUT2D eigenvalue weighted by Gasteiger charge is 2.68. The third-order valence-corrected chi connectivity index (χ3v) is 6.88. The number of piperidine rings is 1. The summed E-state index contributed by atoms with van der Waals surface area (Å²) in [5.41, 5.74) is 1.62. The van der Waals surface area contributed by atoms with Crippen LogP contribution in [0.3, 0.4) is 0 Å². The average Bonchev–Trinajstić information content (AvgIpc) is 2.98. The lowest BCUT2D eigenvalue weighted by molar-refractivity contribution is -0.119. The molecular weight excluding hydrogens is 374 g/mol. The number of carbonyl (C=O) groups excluding carboxylic acids is 1. The van der Waals surface area contributed by atoms with E-state index in [9.17, 15) is 13.2 Å². The molecule has 0 radical (unpaired) electrons. The number of carbonyl (C=O) groups is 1. The number of fused-ring (bicyclic) bond motifs is 1. The number of nitrogens with one attached hydrogen (secondary N) is 2. The van der Waals surface area contributed by atoms with Crippen molar-refractivity contribution in [3.63, 3.8) is 0 Å². The van der Waals surface area contributed by atoms with E-state index in [4.69, 9.17) is 0 Å². The minimum absolute atomic E-state index is 0.0221. The van der Waals surface area contributed by atoms with Gasteiger partial charge < -0.3 is 10.2 Å². The number of likely N-dealkylation sites (tertiary alicyclic amines) is 1. The van der Waals surface area contributed by atoms with Crippen molar-refractivity contribution in [2.24, 2.45) is 11.8 Å². The van der Waals surface area contributed by atoms with Gasteiger partial charge in [-0.3, -0.25) is 9.52 Å². The van der Waals surface area contributed by atoms with E-state index < -0.39 is 10.0 Å². The van der Waals surface area contributed by atoms with Gasteiger partial charge in [0.05, 0.1) is 6.26 Å². The quantitative estimate of drug-likeness (QED) is 0.585. The molecule has 0 bridgehead atoms. The number of unbranched alkanes of at least 4 members (excludes halogenated alkanes) is 3. The van der Waals surface area contributed by atoms with Crippen LogP contribution in [-0.2, 0) is 20.2 Å². The van der Waals surface area contributed by atoms with Crippen LogP contribution in [0.15, 0.2) is 24.3 Å². The summed E-state index contributed by atoms with van der Waals surface area (Å²) in [7, 11) is -3.32. The Balaban J connectivity index is 1.72. The first-order chi connectivity index (χ1) is 13.3. The Morgan fingerprint density at radius 2 is 1.93 bits per heavy atom. The Morgan fingerprint density at radius 3 is 2.54 bits per heavy atom. The predicted octanol–water partition coefficient (Wildman–Crippen LogP) is 2.57. The Hall–Kier alpha value is -1.60. The Kier molecular flexibility index (Phi) is 6.34. The lowest BCUT2D eigenvalue weighted by Crippen LogP contribution is -2.38. The van der Waals surface area contributed by atoms with E-state index in [1.165, 1.54) is 25.7 Å².